The number of aromatic nitrogens is 2. The van der Waals surface area contributed by atoms with Crippen LogP contribution in [0.15, 0.2) is 6.07 Å². The number of nitrogens with one attached hydrogen (secondary N) is 2. The molecule has 1 aromatic rings. The lowest BCUT2D eigenvalue weighted by Gasteiger charge is -2.31. The molecule has 0 aliphatic heterocycles. The Morgan fingerprint density at radius 1 is 1.39 bits per heavy atom. The van der Waals surface area contributed by atoms with Gasteiger partial charge in [-0.25, -0.2) is 10.8 Å². The summed E-state index contributed by atoms with van der Waals surface area (Å²) < 4.78 is 0. The van der Waals surface area contributed by atoms with Gasteiger partial charge >= 0.3 is 0 Å². The topological polar surface area (TPSA) is 96.1 Å². The number of aliphatic hydroxyl groups is 1. The fourth-order valence-electron chi connectivity index (χ4n) is 2.51. The van der Waals surface area contributed by atoms with Crippen molar-refractivity contribution < 1.29 is 5.11 Å². The summed E-state index contributed by atoms with van der Waals surface area (Å²) in [6, 6.07) is 2.17. The van der Waals surface area contributed by atoms with Gasteiger partial charge < -0.3 is 10.4 Å². The first-order valence-electron chi connectivity index (χ1n) is 6.42. The molecule has 2 rings (SSSR count). The minimum atomic E-state index is 0.226. The Labute approximate surface area is 107 Å². The van der Waals surface area contributed by atoms with Crippen LogP contribution in [0.4, 0.5) is 11.8 Å². The summed E-state index contributed by atoms with van der Waals surface area (Å²) in [4.78, 5) is 8.42. The molecule has 0 aromatic carbocycles. The first-order valence-corrected chi connectivity index (χ1v) is 6.42. The predicted octanol–water partition coefficient (Wildman–Crippen LogP) is 1.03. The van der Waals surface area contributed by atoms with Crippen LogP contribution in [0, 0.1) is 12.8 Å². The summed E-state index contributed by atoms with van der Waals surface area (Å²) in [5.41, 5.74) is 3.32. The van der Waals surface area contributed by atoms with E-state index in [1.807, 2.05) is 13.0 Å². The fraction of sp³-hybridized carbons (Fsp3) is 0.667. The summed E-state index contributed by atoms with van der Waals surface area (Å²) in [6.45, 7) is 2.13. The second kappa shape index (κ2) is 5.97. The van der Waals surface area contributed by atoms with Crippen molar-refractivity contribution in [3.8, 4) is 0 Å². The van der Waals surface area contributed by atoms with Crippen LogP contribution >= 0.6 is 0 Å². The molecule has 6 heteroatoms. The Kier molecular flexibility index (Phi) is 4.33. The van der Waals surface area contributed by atoms with Gasteiger partial charge in [-0.15, -0.1) is 0 Å². The van der Waals surface area contributed by atoms with E-state index in [-0.39, 0.29) is 12.6 Å². The number of nitrogens with zero attached hydrogens (tertiary/aromatic N) is 2. The largest absolute Gasteiger partial charge is 0.396 e. The van der Waals surface area contributed by atoms with Gasteiger partial charge in [0, 0.05) is 30.3 Å². The van der Waals surface area contributed by atoms with Crippen LogP contribution in [0.5, 0.6) is 0 Å². The first-order chi connectivity index (χ1) is 8.72. The number of aliphatic hydroxyl groups excluding tert-OH is 1. The van der Waals surface area contributed by atoms with Crippen LogP contribution in [0.25, 0.3) is 0 Å². The summed E-state index contributed by atoms with van der Waals surface area (Å²) in [6.07, 6.45) is 4.53. The highest BCUT2D eigenvalue weighted by Gasteiger charge is 2.24. The van der Waals surface area contributed by atoms with Crippen molar-refractivity contribution in [2.75, 3.05) is 17.3 Å². The standard InChI is InChI=1S/C12H21N5O/c1-8-6-11(16-12(14-8)17-13)15-10-5-3-2-4-9(10)7-18/h6,9-10,18H,2-5,7,13H2,1H3,(H2,14,15,16,17). The minimum absolute atomic E-state index is 0.226. The monoisotopic (exact) mass is 251 g/mol. The zero-order valence-corrected chi connectivity index (χ0v) is 10.7. The van der Waals surface area contributed by atoms with Crippen LogP contribution in [-0.4, -0.2) is 27.7 Å². The van der Waals surface area contributed by atoms with Crippen molar-refractivity contribution >= 4 is 11.8 Å². The molecule has 100 valence electrons. The first kappa shape index (κ1) is 13.0. The quantitative estimate of drug-likeness (QED) is 0.471. The third-order valence-electron chi connectivity index (χ3n) is 3.46. The second-order valence-corrected chi connectivity index (χ2v) is 4.84. The average molecular weight is 251 g/mol. The van der Waals surface area contributed by atoms with Gasteiger partial charge in [-0.1, -0.05) is 12.8 Å². The molecule has 1 heterocycles. The SMILES string of the molecule is Cc1cc(NC2CCCCC2CO)nc(NN)n1. The summed E-state index contributed by atoms with van der Waals surface area (Å²) in [5, 5.41) is 12.8. The van der Waals surface area contributed by atoms with Gasteiger partial charge in [-0.3, -0.25) is 5.43 Å². The van der Waals surface area contributed by atoms with E-state index >= 15 is 0 Å². The third-order valence-corrected chi connectivity index (χ3v) is 3.46. The van der Waals surface area contributed by atoms with Crippen LogP contribution in [0.2, 0.25) is 0 Å². The normalized spacial score (nSPS) is 23.7. The van der Waals surface area contributed by atoms with Crippen molar-refractivity contribution in [3.05, 3.63) is 11.8 Å². The van der Waals surface area contributed by atoms with E-state index in [2.05, 4.69) is 20.7 Å². The lowest BCUT2D eigenvalue weighted by molar-refractivity contribution is 0.178. The van der Waals surface area contributed by atoms with Gasteiger partial charge in [0.1, 0.15) is 5.82 Å². The minimum Gasteiger partial charge on any atom is -0.396 e. The Morgan fingerprint density at radius 2 is 2.17 bits per heavy atom. The average Bonchev–Trinajstić information content (AvgIpc) is 2.38. The molecular weight excluding hydrogens is 230 g/mol. The Hall–Kier alpha value is -1.40. The molecule has 1 fully saturated rings. The van der Waals surface area contributed by atoms with Gasteiger partial charge in [0.2, 0.25) is 5.95 Å². The van der Waals surface area contributed by atoms with Crippen molar-refractivity contribution in [2.45, 2.75) is 38.6 Å². The smallest absolute Gasteiger partial charge is 0.239 e. The lowest BCUT2D eigenvalue weighted by Crippen LogP contribution is -2.34. The van der Waals surface area contributed by atoms with Crippen LogP contribution in [-0.2, 0) is 0 Å². The molecular formula is C12H21N5O. The maximum Gasteiger partial charge on any atom is 0.239 e. The Morgan fingerprint density at radius 3 is 2.89 bits per heavy atom. The van der Waals surface area contributed by atoms with E-state index in [0.29, 0.717) is 11.9 Å². The van der Waals surface area contributed by atoms with E-state index in [1.165, 1.54) is 12.8 Å². The molecule has 6 nitrogen and oxygen atoms in total. The van der Waals surface area contributed by atoms with Crippen LogP contribution in [0.1, 0.15) is 31.4 Å². The molecule has 0 bridgehead atoms. The summed E-state index contributed by atoms with van der Waals surface area (Å²) >= 11 is 0. The lowest BCUT2D eigenvalue weighted by atomic mass is 9.85. The van der Waals surface area contributed by atoms with Gasteiger partial charge in [0.15, 0.2) is 0 Å². The van der Waals surface area contributed by atoms with E-state index in [1.54, 1.807) is 0 Å². The summed E-state index contributed by atoms with van der Waals surface area (Å²) in [5.74, 6) is 6.82. The van der Waals surface area contributed by atoms with Crippen molar-refractivity contribution in [1.29, 1.82) is 0 Å². The number of nitrogens with two attached hydrogens (primary N) is 1. The molecule has 2 unspecified atom stereocenters. The molecule has 2 atom stereocenters. The molecule has 1 saturated carbocycles. The number of hydrazine groups is 1. The molecule has 1 aliphatic rings. The fourth-order valence-corrected chi connectivity index (χ4v) is 2.51. The second-order valence-electron chi connectivity index (χ2n) is 4.84. The molecule has 5 N–H and O–H groups in total. The molecule has 18 heavy (non-hydrogen) atoms. The molecule has 0 radical (unpaired) electrons. The Bertz CT molecular complexity index is 398. The van der Waals surface area contributed by atoms with Crippen molar-refractivity contribution in [1.82, 2.24) is 9.97 Å². The van der Waals surface area contributed by atoms with Crippen LogP contribution in [0.3, 0.4) is 0 Å². The van der Waals surface area contributed by atoms with Gasteiger partial charge in [0.25, 0.3) is 0 Å². The molecule has 1 aliphatic carbocycles. The van der Waals surface area contributed by atoms with Crippen LogP contribution < -0.4 is 16.6 Å². The van der Waals surface area contributed by atoms with Gasteiger partial charge in [-0.05, 0) is 19.8 Å². The Balaban J connectivity index is 2.09. The van der Waals surface area contributed by atoms with E-state index in [4.69, 9.17) is 5.84 Å². The molecule has 1 aromatic heterocycles. The number of rotatable bonds is 4. The van der Waals surface area contributed by atoms with Gasteiger partial charge in [-0.2, -0.15) is 4.98 Å². The van der Waals surface area contributed by atoms with E-state index in [9.17, 15) is 5.11 Å². The highest BCUT2D eigenvalue weighted by atomic mass is 16.3. The number of anilines is 2. The zero-order valence-electron chi connectivity index (χ0n) is 10.7. The highest BCUT2D eigenvalue weighted by molar-refractivity contribution is 5.42. The predicted molar refractivity (Wildman–Crippen MR) is 71.0 cm³/mol. The maximum absolute atomic E-state index is 9.39. The van der Waals surface area contributed by atoms with Crippen molar-refractivity contribution in [2.24, 2.45) is 11.8 Å². The van der Waals surface area contributed by atoms with E-state index < -0.39 is 0 Å². The number of aryl methyl sites for hydroxylation is 1. The zero-order chi connectivity index (χ0) is 13.0. The molecule has 0 saturated heterocycles. The third kappa shape index (κ3) is 3.08. The molecule has 0 amide bonds. The summed E-state index contributed by atoms with van der Waals surface area (Å²) in [7, 11) is 0. The highest BCUT2D eigenvalue weighted by Crippen LogP contribution is 2.26. The van der Waals surface area contributed by atoms with Gasteiger partial charge in [0.05, 0.1) is 0 Å². The number of nitrogen functional groups attached to an aromatic ring is 1. The number of hydrogen-bond donors (Lipinski definition) is 4. The molecule has 0 spiro atoms. The van der Waals surface area contributed by atoms with Crippen molar-refractivity contribution in [3.63, 3.8) is 0 Å². The van der Waals surface area contributed by atoms with E-state index in [0.717, 1.165) is 24.4 Å². The maximum atomic E-state index is 9.39. The number of hydrogen-bond acceptors (Lipinski definition) is 6.